The second-order valence-electron chi connectivity index (χ2n) is 4.29. The molecule has 1 atom stereocenters. The molecule has 1 N–H and O–H groups in total. The van der Waals surface area contributed by atoms with Crippen LogP contribution in [0.5, 0.6) is 0 Å². The average Bonchev–Trinajstić information content (AvgIpc) is 2.16. The molecule has 86 valence electrons. The number of halogens is 3. The quantitative estimate of drug-likeness (QED) is 0.763. The molecule has 0 spiro atoms. The van der Waals surface area contributed by atoms with E-state index in [-0.39, 0.29) is 0 Å². The molecule has 1 aromatic rings. The van der Waals surface area contributed by atoms with E-state index >= 15 is 0 Å². The summed E-state index contributed by atoms with van der Waals surface area (Å²) in [6, 6.07) is 6.01. The lowest BCUT2D eigenvalue weighted by molar-refractivity contribution is -0.221. The topological polar surface area (TPSA) is 20.2 Å². The van der Waals surface area contributed by atoms with E-state index in [0.717, 1.165) is 0 Å². The maximum atomic E-state index is 12.4. The number of alkyl halides is 3. The highest BCUT2D eigenvalue weighted by Crippen LogP contribution is 2.36. The molecule has 0 fully saturated rings. The molecular weight excluding hydrogens is 216 g/mol. The number of rotatable bonds is 2. The Balaban J connectivity index is 3.06. The molecule has 0 saturated carbocycles. The third kappa shape index (κ3) is 2.58. The van der Waals surface area contributed by atoms with Crippen LogP contribution in [0, 0.1) is 0 Å². The molecule has 0 aliphatic heterocycles. The second kappa shape index (κ2) is 4.13. The minimum Gasteiger partial charge on any atom is -0.383 e. The van der Waals surface area contributed by atoms with E-state index in [1.54, 1.807) is 0 Å². The van der Waals surface area contributed by atoms with Crippen molar-refractivity contribution >= 4 is 13.3 Å². The van der Waals surface area contributed by atoms with Crippen LogP contribution in [0.1, 0.15) is 19.4 Å². The van der Waals surface area contributed by atoms with E-state index in [9.17, 15) is 18.3 Å². The van der Waals surface area contributed by atoms with E-state index in [2.05, 4.69) is 0 Å². The van der Waals surface area contributed by atoms with Crippen molar-refractivity contribution in [2.75, 3.05) is 0 Å². The Bertz CT molecular complexity index is 356. The van der Waals surface area contributed by atoms with Gasteiger partial charge in [-0.15, -0.1) is 0 Å². The average molecular weight is 228 g/mol. The summed E-state index contributed by atoms with van der Waals surface area (Å²) in [5, 5.41) is 9.28. The number of hydrogen-bond donors (Lipinski definition) is 1. The summed E-state index contributed by atoms with van der Waals surface area (Å²) in [7, 11) is 5.45. The molecule has 16 heavy (non-hydrogen) atoms. The highest BCUT2D eigenvalue weighted by molar-refractivity contribution is 6.32. The lowest BCUT2D eigenvalue weighted by Crippen LogP contribution is -2.44. The van der Waals surface area contributed by atoms with Gasteiger partial charge in [-0.25, -0.2) is 0 Å². The Morgan fingerprint density at radius 2 is 1.56 bits per heavy atom. The van der Waals surface area contributed by atoms with Gasteiger partial charge in [-0.2, -0.15) is 13.2 Å². The molecule has 0 bridgehead atoms. The van der Waals surface area contributed by atoms with Gasteiger partial charge in [0.25, 0.3) is 0 Å². The molecule has 0 aliphatic carbocycles. The summed E-state index contributed by atoms with van der Waals surface area (Å²) >= 11 is 0. The highest BCUT2D eigenvalue weighted by atomic mass is 19.4. The molecule has 0 heterocycles. The van der Waals surface area contributed by atoms with Gasteiger partial charge in [0.05, 0.1) is 0 Å². The van der Waals surface area contributed by atoms with Gasteiger partial charge in [0.2, 0.25) is 0 Å². The van der Waals surface area contributed by atoms with Crippen molar-refractivity contribution in [2.24, 2.45) is 0 Å². The summed E-state index contributed by atoms with van der Waals surface area (Å²) < 4.78 is 37.3. The smallest absolute Gasteiger partial charge is 0.383 e. The Kier molecular flexibility index (Phi) is 3.38. The van der Waals surface area contributed by atoms with Crippen molar-refractivity contribution in [1.82, 2.24) is 0 Å². The summed E-state index contributed by atoms with van der Waals surface area (Å²) in [6.07, 6.45) is -7.03. The van der Waals surface area contributed by atoms with Gasteiger partial charge >= 0.3 is 6.18 Å². The molecule has 1 nitrogen and oxygen atoms in total. The van der Waals surface area contributed by atoms with Gasteiger partial charge in [0.1, 0.15) is 7.85 Å². The van der Waals surface area contributed by atoms with E-state index in [1.165, 1.54) is 38.1 Å². The number of hydrogen-bond acceptors (Lipinski definition) is 1. The van der Waals surface area contributed by atoms with Crippen LogP contribution in [-0.4, -0.2) is 25.2 Å². The minimum atomic E-state index is -4.63. The van der Waals surface area contributed by atoms with Crippen LogP contribution in [0.25, 0.3) is 0 Å². The normalized spacial score (nSPS) is 14.9. The Labute approximate surface area is 93.7 Å². The van der Waals surface area contributed by atoms with Crippen LogP contribution >= 0.6 is 0 Å². The van der Waals surface area contributed by atoms with Gasteiger partial charge in [0, 0.05) is 5.41 Å². The van der Waals surface area contributed by atoms with E-state index in [0.29, 0.717) is 11.0 Å². The summed E-state index contributed by atoms with van der Waals surface area (Å²) in [4.78, 5) is 0. The first-order chi connectivity index (χ1) is 7.15. The molecule has 0 aromatic heterocycles. The van der Waals surface area contributed by atoms with Crippen molar-refractivity contribution in [3.8, 4) is 0 Å². The van der Waals surface area contributed by atoms with Crippen LogP contribution in [0.15, 0.2) is 24.3 Å². The van der Waals surface area contributed by atoms with Crippen LogP contribution in [-0.2, 0) is 5.41 Å². The van der Waals surface area contributed by atoms with Gasteiger partial charge in [-0.1, -0.05) is 43.6 Å². The van der Waals surface area contributed by atoms with Crippen molar-refractivity contribution in [1.29, 1.82) is 0 Å². The predicted octanol–water partition coefficient (Wildman–Crippen LogP) is 1.68. The fraction of sp³-hybridized carbons (Fsp3) is 0.455. The fourth-order valence-corrected chi connectivity index (χ4v) is 1.48. The monoisotopic (exact) mass is 228 g/mol. The van der Waals surface area contributed by atoms with Gasteiger partial charge in [-0.3, -0.25) is 0 Å². The number of aliphatic hydroxyl groups excluding tert-OH is 1. The molecule has 0 amide bonds. The summed E-state index contributed by atoms with van der Waals surface area (Å²) in [5.41, 5.74) is -0.529. The standard InChI is InChI=1S/C11H12BF3O/c1-10(2,9(16)11(13,14)15)7-3-5-8(12)6-4-7/h3-6,9,16H,1-2H3/t9-/m1/s1. The number of aliphatic hydroxyl groups is 1. The molecule has 1 aromatic carbocycles. The van der Waals surface area contributed by atoms with Crippen LogP contribution in [0.4, 0.5) is 13.2 Å². The SMILES string of the molecule is [B]c1ccc(C(C)(C)[C@@H](O)C(F)(F)F)cc1. The van der Waals surface area contributed by atoms with Crippen molar-refractivity contribution in [3.05, 3.63) is 29.8 Å². The zero-order valence-electron chi connectivity index (χ0n) is 9.05. The zero-order valence-corrected chi connectivity index (χ0v) is 9.05. The van der Waals surface area contributed by atoms with Crippen molar-refractivity contribution < 1.29 is 18.3 Å². The third-order valence-corrected chi connectivity index (χ3v) is 2.65. The van der Waals surface area contributed by atoms with Crippen molar-refractivity contribution in [2.45, 2.75) is 31.5 Å². The van der Waals surface area contributed by atoms with Gasteiger partial charge < -0.3 is 5.11 Å². The molecule has 0 unspecified atom stereocenters. The Morgan fingerprint density at radius 1 is 1.12 bits per heavy atom. The van der Waals surface area contributed by atoms with Crippen LogP contribution in [0.2, 0.25) is 0 Å². The largest absolute Gasteiger partial charge is 0.415 e. The Hall–Kier alpha value is -0.965. The van der Waals surface area contributed by atoms with E-state index in [4.69, 9.17) is 7.85 Å². The maximum absolute atomic E-state index is 12.4. The predicted molar refractivity (Wildman–Crippen MR) is 56.9 cm³/mol. The zero-order chi connectivity index (χ0) is 12.6. The first-order valence-corrected chi connectivity index (χ1v) is 4.76. The fourth-order valence-electron chi connectivity index (χ4n) is 1.48. The highest BCUT2D eigenvalue weighted by Gasteiger charge is 2.48. The molecule has 0 saturated heterocycles. The summed E-state index contributed by atoms with van der Waals surface area (Å²) in [5.74, 6) is 0. The molecular formula is C11H12BF3O. The minimum absolute atomic E-state index is 0.395. The molecule has 1 rings (SSSR count). The van der Waals surface area contributed by atoms with Crippen molar-refractivity contribution in [3.63, 3.8) is 0 Å². The van der Waals surface area contributed by atoms with Gasteiger partial charge in [0.15, 0.2) is 6.10 Å². The maximum Gasteiger partial charge on any atom is 0.415 e. The van der Waals surface area contributed by atoms with Gasteiger partial charge in [-0.05, 0) is 5.56 Å². The van der Waals surface area contributed by atoms with Crippen LogP contribution < -0.4 is 5.46 Å². The first kappa shape index (κ1) is 13.1. The van der Waals surface area contributed by atoms with E-state index < -0.39 is 17.7 Å². The van der Waals surface area contributed by atoms with Crippen LogP contribution in [0.3, 0.4) is 0 Å². The second-order valence-corrected chi connectivity index (χ2v) is 4.29. The Morgan fingerprint density at radius 3 is 1.94 bits per heavy atom. The molecule has 5 heteroatoms. The molecule has 0 aliphatic rings. The lowest BCUT2D eigenvalue weighted by atomic mass is 9.78. The third-order valence-electron chi connectivity index (χ3n) is 2.65. The molecule has 2 radical (unpaired) electrons. The first-order valence-electron chi connectivity index (χ1n) is 4.76. The summed E-state index contributed by atoms with van der Waals surface area (Å²) in [6.45, 7) is 2.69. The lowest BCUT2D eigenvalue weighted by Gasteiger charge is -2.32. The number of benzene rings is 1. The van der Waals surface area contributed by atoms with E-state index in [1.807, 2.05) is 0 Å².